The second kappa shape index (κ2) is 6.88. The minimum atomic E-state index is 0.245. The van der Waals surface area contributed by atoms with E-state index in [2.05, 4.69) is 41.5 Å². The van der Waals surface area contributed by atoms with Gasteiger partial charge in [-0.2, -0.15) is 0 Å². The van der Waals surface area contributed by atoms with Crippen LogP contribution in [0.25, 0.3) is 0 Å². The molecule has 1 aliphatic heterocycles. The average Bonchev–Trinajstić information content (AvgIpc) is 2.39. The summed E-state index contributed by atoms with van der Waals surface area (Å²) in [6, 6.07) is 8.67. The van der Waals surface area contributed by atoms with E-state index in [4.69, 9.17) is 4.74 Å². The molecular formula is C15H24N2O. The van der Waals surface area contributed by atoms with Crippen LogP contribution in [0, 0.1) is 0 Å². The molecule has 3 nitrogen and oxygen atoms in total. The van der Waals surface area contributed by atoms with Crippen molar-refractivity contribution < 1.29 is 4.74 Å². The molecule has 0 fully saturated rings. The van der Waals surface area contributed by atoms with Gasteiger partial charge in [-0.1, -0.05) is 24.3 Å². The zero-order chi connectivity index (χ0) is 12.8. The zero-order valence-electron chi connectivity index (χ0n) is 11.5. The van der Waals surface area contributed by atoms with Crippen molar-refractivity contribution in [3.63, 3.8) is 0 Å². The minimum Gasteiger partial charge on any atom is -0.372 e. The van der Waals surface area contributed by atoms with Gasteiger partial charge in [0.25, 0.3) is 0 Å². The Kier molecular flexibility index (Phi) is 5.17. The highest BCUT2D eigenvalue weighted by Gasteiger charge is 2.21. The highest BCUT2D eigenvalue weighted by Crippen LogP contribution is 2.27. The van der Waals surface area contributed by atoms with Gasteiger partial charge in [0.2, 0.25) is 0 Å². The average molecular weight is 248 g/mol. The van der Waals surface area contributed by atoms with Gasteiger partial charge in [-0.05, 0) is 51.2 Å². The number of likely N-dealkylation sites (N-methyl/N-ethyl adjacent to an activating group) is 1. The van der Waals surface area contributed by atoms with Crippen LogP contribution < -0.4 is 5.32 Å². The molecule has 0 saturated carbocycles. The number of hydrogen-bond acceptors (Lipinski definition) is 3. The van der Waals surface area contributed by atoms with Crippen molar-refractivity contribution in [2.75, 3.05) is 40.3 Å². The van der Waals surface area contributed by atoms with Crippen LogP contribution in [0.1, 0.15) is 23.7 Å². The van der Waals surface area contributed by atoms with Gasteiger partial charge in [0.1, 0.15) is 0 Å². The molecule has 1 atom stereocenters. The van der Waals surface area contributed by atoms with E-state index in [1.54, 1.807) is 0 Å². The van der Waals surface area contributed by atoms with Crippen LogP contribution in [-0.2, 0) is 11.2 Å². The van der Waals surface area contributed by atoms with E-state index in [0.717, 1.165) is 32.7 Å². The number of ether oxygens (including phenoxy) is 1. The van der Waals surface area contributed by atoms with Crippen molar-refractivity contribution in [2.24, 2.45) is 0 Å². The van der Waals surface area contributed by atoms with Gasteiger partial charge in [-0.15, -0.1) is 0 Å². The summed E-state index contributed by atoms with van der Waals surface area (Å²) in [7, 11) is 4.18. The Hall–Kier alpha value is -0.900. The Morgan fingerprint density at radius 1 is 1.39 bits per heavy atom. The van der Waals surface area contributed by atoms with E-state index in [-0.39, 0.29) is 6.10 Å². The molecule has 0 saturated heterocycles. The van der Waals surface area contributed by atoms with Crippen LogP contribution in [0.3, 0.4) is 0 Å². The summed E-state index contributed by atoms with van der Waals surface area (Å²) in [5.41, 5.74) is 2.83. The number of hydrogen-bond donors (Lipinski definition) is 1. The van der Waals surface area contributed by atoms with Gasteiger partial charge >= 0.3 is 0 Å². The summed E-state index contributed by atoms with van der Waals surface area (Å²) in [5, 5.41) is 3.18. The molecule has 1 aromatic rings. The summed E-state index contributed by atoms with van der Waals surface area (Å²) in [6.07, 6.45) is 2.48. The monoisotopic (exact) mass is 248 g/mol. The first-order valence-electron chi connectivity index (χ1n) is 6.84. The SMILES string of the molecule is CNCCCN(C)CC1OCCc2ccccc21. The molecule has 1 aromatic carbocycles. The minimum absolute atomic E-state index is 0.245. The zero-order valence-corrected chi connectivity index (χ0v) is 11.5. The fraction of sp³-hybridized carbons (Fsp3) is 0.600. The molecule has 0 aromatic heterocycles. The third-order valence-corrected chi connectivity index (χ3v) is 3.54. The first kappa shape index (κ1) is 13.5. The molecule has 0 spiro atoms. The maximum atomic E-state index is 5.92. The molecule has 1 unspecified atom stereocenters. The van der Waals surface area contributed by atoms with E-state index < -0.39 is 0 Å². The standard InChI is InChI=1S/C15H24N2O/c1-16-9-5-10-17(2)12-15-14-7-4-3-6-13(14)8-11-18-15/h3-4,6-7,15-16H,5,8-12H2,1-2H3. The summed E-state index contributed by atoms with van der Waals surface area (Å²) >= 11 is 0. The van der Waals surface area contributed by atoms with Crippen molar-refractivity contribution in [3.05, 3.63) is 35.4 Å². The fourth-order valence-electron chi connectivity index (χ4n) is 2.53. The van der Waals surface area contributed by atoms with Crippen LogP contribution in [0.4, 0.5) is 0 Å². The van der Waals surface area contributed by atoms with Crippen LogP contribution in [0.2, 0.25) is 0 Å². The van der Waals surface area contributed by atoms with E-state index in [9.17, 15) is 0 Å². The smallest absolute Gasteiger partial charge is 0.0954 e. The van der Waals surface area contributed by atoms with Crippen LogP contribution in [0.5, 0.6) is 0 Å². The number of nitrogens with one attached hydrogen (secondary N) is 1. The molecule has 3 heteroatoms. The third kappa shape index (κ3) is 3.55. The Morgan fingerprint density at radius 2 is 2.22 bits per heavy atom. The predicted octanol–water partition coefficient (Wildman–Crippen LogP) is 1.84. The molecule has 1 N–H and O–H groups in total. The van der Waals surface area contributed by atoms with Crippen molar-refractivity contribution in [3.8, 4) is 0 Å². The molecule has 0 radical (unpaired) electrons. The molecule has 100 valence electrons. The van der Waals surface area contributed by atoms with Gasteiger partial charge in [0.05, 0.1) is 12.7 Å². The Labute approximate surface area is 110 Å². The summed E-state index contributed by atoms with van der Waals surface area (Å²) in [5.74, 6) is 0. The van der Waals surface area contributed by atoms with Crippen LogP contribution >= 0.6 is 0 Å². The first-order valence-corrected chi connectivity index (χ1v) is 6.84. The lowest BCUT2D eigenvalue weighted by Crippen LogP contribution is -2.31. The molecule has 1 aliphatic rings. The molecule has 0 aliphatic carbocycles. The summed E-state index contributed by atoms with van der Waals surface area (Å²) in [4.78, 5) is 2.37. The van der Waals surface area contributed by atoms with Gasteiger partial charge in [0, 0.05) is 6.54 Å². The Morgan fingerprint density at radius 3 is 3.06 bits per heavy atom. The van der Waals surface area contributed by atoms with E-state index >= 15 is 0 Å². The highest BCUT2D eigenvalue weighted by atomic mass is 16.5. The maximum absolute atomic E-state index is 5.92. The number of benzene rings is 1. The van der Waals surface area contributed by atoms with E-state index in [1.807, 2.05) is 7.05 Å². The normalized spacial score (nSPS) is 18.9. The fourth-order valence-corrected chi connectivity index (χ4v) is 2.53. The third-order valence-electron chi connectivity index (χ3n) is 3.54. The van der Waals surface area contributed by atoms with E-state index in [0.29, 0.717) is 0 Å². The lowest BCUT2D eigenvalue weighted by molar-refractivity contribution is 0.0209. The first-order chi connectivity index (χ1) is 8.81. The van der Waals surface area contributed by atoms with E-state index in [1.165, 1.54) is 17.5 Å². The Bertz CT molecular complexity index is 367. The maximum Gasteiger partial charge on any atom is 0.0954 e. The van der Waals surface area contributed by atoms with Crippen molar-refractivity contribution in [2.45, 2.75) is 18.9 Å². The second-order valence-corrected chi connectivity index (χ2v) is 5.03. The van der Waals surface area contributed by atoms with Crippen LogP contribution in [0.15, 0.2) is 24.3 Å². The number of rotatable bonds is 6. The number of nitrogens with zero attached hydrogens (tertiary/aromatic N) is 1. The topological polar surface area (TPSA) is 24.5 Å². The molecule has 0 amide bonds. The van der Waals surface area contributed by atoms with Gasteiger partial charge in [-0.25, -0.2) is 0 Å². The van der Waals surface area contributed by atoms with Gasteiger partial charge < -0.3 is 15.0 Å². The van der Waals surface area contributed by atoms with Crippen molar-refractivity contribution in [1.82, 2.24) is 10.2 Å². The highest BCUT2D eigenvalue weighted by molar-refractivity contribution is 5.31. The molecule has 2 rings (SSSR count). The molecule has 0 bridgehead atoms. The van der Waals surface area contributed by atoms with Gasteiger partial charge in [0.15, 0.2) is 0 Å². The van der Waals surface area contributed by atoms with Crippen molar-refractivity contribution in [1.29, 1.82) is 0 Å². The summed E-state index contributed by atoms with van der Waals surface area (Å²) < 4.78 is 5.92. The largest absolute Gasteiger partial charge is 0.372 e. The lowest BCUT2D eigenvalue weighted by Gasteiger charge is -2.29. The van der Waals surface area contributed by atoms with Crippen LogP contribution in [-0.4, -0.2) is 45.2 Å². The lowest BCUT2D eigenvalue weighted by atomic mass is 9.97. The number of fused-ring (bicyclic) bond motifs is 1. The van der Waals surface area contributed by atoms with Gasteiger partial charge in [-0.3, -0.25) is 0 Å². The molecule has 18 heavy (non-hydrogen) atoms. The Balaban J connectivity index is 1.90. The molecular weight excluding hydrogens is 224 g/mol. The quantitative estimate of drug-likeness (QED) is 0.778. The second-order valence-electron chi connectivity index (χ2n) is 5.03. The van der Waals surface area contributed by atoms with Crippen molar-refractivity contribution >= 4 is 0 Å². The summed E-state index contributed by atoms with van der Waals surface area (Å²) in [6.45, 7) is 4.03. The molecule has 1 heterocycles. The predicted molar refractivity (Wildman–Crippen MR) is 74.9 cm³/mol.